The molecular formula is C14H18OS. The Morgan fingerprint density at radius 1 is 1.50 bits per heavy atom. The molecule has 0 bridgehead atoms. The molecule has 0 spiro atoms. The van der Waals surface area contributed by atoms with Crippen molar-refractivity contribution in [2.45, 2.75) is 37.9 Å². The summed E-state index contributed by atoms with van der Waals surface area (Å²) in [6.45, 7) is 4.17. The van der Waals surface area contributed by atoms with Gasteiger partial charge in [-0.05, 0) is 38.0 Å². The van der Waals surface area contributed by atoms with Gasteiger partial charge in [0.1, 0.15) is 0 Å². The number of hydrogen-bond donors (Lipinski definition) is 0. The smallest absolute Gasteiger partial charge is 0.152 e. The highest BCUT2D eigenvalue weighted by Crippen LogP contribution is 2.39. The Morgan fingerprint density at radius 2 is 2.31 bits per heavy atom. The van der Waals surface area contributed by atoms with Crippen LogP contribution in [0.3, 0.4) is 0 Å². The van der Waals surface area contributed by atoms with E-state index < -0.39 is 0 Å². The van der Waals surface area contributed by atoms with Gasteiger partial charge < -0.3 is 0 Å². The topological polar surface area (TPSA) is 17.1 Å². The molecule has 1 aliphatic rings. The lowest BCUT2D eigenvalue weighted by atomic mass is 9.94. The second-order valence-electron chi connectivity index (χ2n) is 4.77. The highest BCUT2D eigenvalue weighted by atomic mass is 32.2. The number of hydrogen-bond acceptors (Lipinski definition) is 2. The van der Waals surface area contributed by atoms with E-state index in [4.69, 9.17) is 0 Å². The molecule has 16 heavy (non-hydrogen) atoms. The molecule has 1 saturated heterocycles. The molecule has 0 radical (unpaired) electrons. The van der Waals surface area contributed by atoms with Crippen LogP contribution < -0.4 is 0 Å². The standard InChI is InChI=1S/C14H18OS/c1-11-5-3-6-12(9-11)10-13(15)14(2)7-4-8-16-14/h3,5-6,9H,4,7-8,10H2,1-2H3. The number of thioether (sulfide) groups is 1. The zero-order valence-electron chi connectivity index (χ0n) is 9.95. The van der Waals surface area contributed by atoms with Gasteiger partial charge in [-0.2, -0.15) is 0 Å². The first kappa shape index (κ1) is 11.7. The van der Waals surface area contributed by atoms with Crippen molar-refractivity contribution >= 4 is 17.5 Å². The number of ketones is 1. The van der Waals surface area contributed by atoms with E-state index in [2.05, 4.69) is 26.0 Å². The van der Waals surface area contributed by atoms with Gasteiger partial charge in [-0.15, -0.1) is 11.8 Å². The Balaban J connectivity index is 2.07. The Kier molecular flexibility index (Phi) is 3.38. The van der Waals surface area contributed by atoms with Crippen molar-refractivity contribution < 1.29 is 4.79 Å². The van der Waals surface area contributed by atoms with Crippen LogP contribution in [0.4, 0.5) is 0 Å². The monoisotopic (exact) mass is 234 g/mol. The van der Waals surface area contributed by atoms with Gasteiger partial charge in [0, 0.05) is 6.42 Å². The van der Waals surface area contributed by atoms with Gasteiger partial charge in [0.2, 0.25) is 0 Å². The van der Waals surface area contributed by atoms with Gasteiger partial charge in [-0.25, -0.2) is 0 Å². The zero-order chi connectivity index (χ0) is 11.6. The molecule has 1 nitrogen and oxygen atoms in total. The first-order chi connectivity index (χ1) is 7.60. The van der Waals surface area contributed by atoms with Crippen LogP contribution in [-0.2, 0) is 11.2 Å². The summed E-state index contributed by atoms with van der Waals surface area (Å²) in [6.07, 6.45) is 2.81. The summed E-state index contributed by atoms with van der Waals surface area (Å²) in [7, 11) is 0. The molecule has 1 heterocycles. The lowest BCUT2D eigenvalue weighted by Crippen LogP contribution is -2.30. The first-order valence-electron chi connectivity index (χ1n) is 5.83. The lowest BCUT2D eigenvalue weighted by molar-refractivity contribution is -0.120. The SMILES string of the molecule is Cc1cccc(CC(=O)C2(C)CCCS2)c1. The third kappa shape index (κ3) is 2.49. The summed E-state index contributed by atoms with van der Waals surface area (Å²) < 4.78 is -0.121. The Labute approximate surface area is 102 Å². The van der Waals surface area contributed by atoms with Crippen LogP contribution in [0.1, 0.15) is 30.9 Å². The van der Waals surface area contributed by atoms with Gasteiger partial charge in [0.25, 0.3) is 0 Å². The molecule has 0 aliphatic carbocycles. The third-order valence-corrected chi connectivity index (χ3v) is 4.82. The predicted octanol–water partition coefficient (Wildman–Crippen LogP) is 3.39. The number of benzene rings is 1. The summed E-state index contributed by atoms with van der Waals surface area (Å²) in [6, 6.07) is 8.26. The van der Waals surface area contributed by atoms with Crippen LogP contribution in [0, 0.1) is 6.92 Å². The maximum atomic E-state index is 12.2. The summed E-state index contributed by atoms with van der Waals surface area (Å²) >= 11 is 1.83. The normalized spacial score (nSPS) is 24.6. The molecule has 1 fully saturated rings. The second-order valence-corrected chi connectivity index (χ2v) is 6.37. The van der Waals surface area contributed by atoms with Crippen molar-refractivity contribution in [1.82, 2.24) is 0 Å². The minimum Gasteiger partial charge on any atom is -0.298 e. The van der Waals surface area contributed by atoms with Crippen LogP contribution in [0.5, 0.6) is 0 Å². The minimum absolute atomic E-state index is 0.121. The van der Waals surface area contributed by atoms with Gasteiger partial charge in [-0.1, -0.05) is 29.8 Å². The summed E-state index contributed by atoms with van der Waals surface area (Å²) in [5.74, 6) is 1.52. The van der Waals surface area contributed by atoms with E-state index in [1.54, 1.807) is 0 Å². The van der Waals surface area contributed by atoms with Gasteiger partial charge in [0.05, 0.1) is 4.75 Å². The average Bonchev–Trinajstić information content (AvgIpc) is 2.66. The van der Waals surface area contributed by atoms with Crippen LogP contribution >= 0.6 is 11.8 Å². The fourth-order valence-electron chi connectivity index (χ4n) is 2.19. The number of rotatable bonds is 3. The van der Waals surface area contributed by atoms with Crippen LogP contribution in [0.15, 0.2) is 24.3 Å². The van der Waals surface area contributed by atoms with Crippen LogP contribution in [0.2, 0.25) is 0 Å². The molecule has 1 aromatic rings. The molecule has 0 saturated carbocycles. The van der Waals surface area contributed by atoms with Crippen molar-refractivity contribution in [1.29, 1.82) is 0 Å². The maximum Gasteiger partial charge on any atom is 0.152 e. The van der Waals surface area contributed by atoms with E-state index >= 15 is 0 Å². The Morgan fingerprint density at radius 3 is 2.94 bits per heavy atom. The Bertz CT molecular complexity index is 391. The molecule has 2 heteroatoms. The van der Waals surface area contributed by atoms with Crippen molar-refractivity contribution in [2.24, 2.45) is 0 Å². The maximum absolute atomic E-state index is 12.2. The van der Waals surface area contributed by atoms with E-state index in [0.29, 0.717) is 12.2 Å². The van der Waals surface area contributed by atoms with E-state index in [9.17, 15) is 4.79 Å². The number of aryl methyl sites for hydroxylation is 1. The Hall–Kier alpha value is -0.760. The highest BCUT2D eigenvalue weighted by Gasteiger charge is 2.36. The van der Waals surface area contributed by atoms with Crippen molar-refractivity contribution in [3.8, 4) is 0 Å². The fraction of sp³-hybridized carbons (Fsp3) is 0.500. The van der Waals surface area contributed by atoms with Gasteiger partial charge in [0.15, 0.2) is 5.78 Å². The van der Waals surface area contributed by atoms with Crippen LogP contribution in [-0.4, -0.2) is 16.3 Å². The summed E-state index contributed by atoms with van der Waals surface area (Å²) in [5, 5.41) is 0. The zero-order valence-corrected chi connectivity index (χ0v) is 10.8. The molecule has 0 amide bonds. The minimum atomic E-state index is -0.121. The van der Waals surface area contributed by atoms with Gasteiger partial charge >= 0.3 is 0 Å². The number of carbonyl (C=O) groups excluding carboxylic acids is 1. The van der Waals surface area contributed by atoms with E-state index in [1.807, 2.05) is 23.9 Å². The van der Waals surface area contributed by atoms with Crippen molar-refractivity contribution in [3.05, 3.63) is 35.4 Å². The largest absolute Gasteiger partial charge is 0.298 e. The first-order valence-corrected chi connectivity index (χ1v) is 6.81. The van der Waals surface area contributed by atoms with E-state index in [0.717, 1.165) is 17.7 Å². The van der Waals surface area contributed by atoms with Crippen molar-refractivity contribution in [3.63, 3.8) is 0 Å². The quantitative estimate of drug-likeness (QED) is 0.797. The summed E-state index contributed by atoms with van der Waals surface area (Å²) in [4.78, 5) is 12.2. The van der Waals surface area contributed by atoms with Crippen LogP contribution in [0.25, 0.3) is 0 Å². The lowest BCUT2D eigenvalue weighted by Gasteiger charge is -2.20. The molecule has 1 atom stereocenters. The molecular weight excluding hydrogens is 216 g/mol. The highest BCUT2D eigenvalue weighted by molar-refractivity contribution is 8.01. The molecule has 1 aromatic carbocycles. The fourth-order valence-corrected chi connectivity index (χ4v) is 3.45. The van der Waals surface area contributed by atoms with Crippen molar-refractivity contribution in [2.75, 3.05) is 5.75 Å². The molecule has 1 aliphatic heterocycles. The summed E-state index contributed by atoms with van der Waals surface area (Å²) in [5.41, 5.74) is 2.38. The predicted molar refractivity (Wildman–Crippen MR) is 70.0 cm³/mol. The molecule has 1 unspecified atom stereocenters. The molecule has 86 valence electrons. The molecule has 0 aromatic heterocycles. The molecule has 2 rings (SSSR count). The second kappa shape index (κ2) is 4.62. The number of Topliss-reactive ketones (excluding diaryl/α,β-unsaturated/α-hetero) is 1. The average molecular weight is 234 g/mol. The number of carbonyl (C=O) groups is 1. The van der Waals surface area contributed by atoms with Gasteiger partial charge in [-0.3, -0.25) is 4.79 Å². The van der Waals surface area contributed by atoms with E-state index in [-0.39, 0.29) is 4.75 Å². The third-order valence-electron chi connectivity index (χ3n) is 3.26. The van der Waals surface area contributed by atoms with E-state index in [1.165, 1.54) is 12.0 Å². The molecule has 0 N–H and O–H groups in total.